The molecule has 1 aliphatic heterocycles. The lowest BCUT2D eigenvalue weighted by molar-refractivity contribution is -0.257. The third-order valence-electron chi connectivity index (χ3n) is 4.01. The monoisotopic (exact) mass is 291 g/mol. The fraction of sp³-hybridized carbons (Fsp3) is 0.667. The van der Waals surface area contributed by atoms with Crippen LogP contribution in [0.15, 0.2) is 30.3 Å². The van der Waals surface area contributed by atoms with Gasteiger partial charge in [-0.05, 0) is 18.4 Å². The molecule has 0 N–H and O–H groups in total. The summed E-state index contributed by atoms with van der Waals surface area (Å²) in [5.74, 6) is -0.334. The number of hydrogen-bond acceptors (Lipinski definition) is 3. The summed E-state index contributed by atoms with van der Waals surface area (Å²) in [5, 5.41) is 0. The third-order valence-corrected chi connectivity index (χ3v) is 4.01. The molecule has 0 unspecified atom stereocenters. The largest absolute Gasteiger partial charge is 0.350 e. The van der Waals surface area contributed by atoms with E-state index in [2.05, 4.69) is 49.1 Å². The van der Waals surface area contributed by atoms with Crippen LogP contribution >= 0.6 is 0 Å². The predicted molar refractivity (Wildman–Crippen MR) is 86.2 cm³/mol. The van der Waals surface area contributed by atoms with E-state index >= 15 is 0 Å². The lowest BCUT2D eigenvalue weighted by Gasteiger charge is -2.41. The fourth-order valence-corrected chi connectivity index (χ4v) is 2.80. The van der Waals surface area contributed by atoms with E-state index in [1.54, 1.807) is 0 Å². The zero-order chi connectivity index (χ0) is 15.0. The molecule has 0 aliphatic carbocycles. The summed E-state index contributed by atoms with van der Waals surface area (Å²) in [6.07, 6.45) is 4.04. The van der Waals surface area contributed by atoms with Crippen molar-refractivity contribution in [1.29, 1.82) is 0 Å². The number of likely N-dealkylation sites (tertiary alicyclic amines) is 1. The van der Waals surface area contributed by atoms with E-state index < -0.39 is 0 Å². The highest BCUT2D eigenvalue weighted by molar-refractivity contribution is 5.14. The van der Waals surface area contributed by atoms with Crippen molar-refractivity contribution >= 4 is 0 Å². The van der Waals surface area contributed by atoms with Gasteiger partial charge in [-0.1, -0.05) is 44.2 Å². The van der Waals surface area contributed by atoms with E-state index in [1.165, 1.54) is 5.56 Å². The Hall–Kier alpha value is -0.900. The molecule has 2 rings (SSSR count). The predicted octanol–water partition coefficient (Wildman–Crippen LogP) is 3.83. The number of ether oxygens (including phenoxy) is 2. The van der Waals surface area contributed by atoms with Crippen molar-refractivity contribution in [1.82, 2.24) is 4.90 Å². The van der Waals surface area contributed by atoms with E-state index in [4.69, 9.17) is 9.47 Å². The molecule has 0 bridgehead atoms. The Bertz CT molecular complexity index is 375. The first kappa shape index (κ1) is 16.5. The molecule has 0 amide bonds. The van der Waals surface area contributed by atoms with Gasteiger partial charge in [0.2, 0.25) is 0 Å². The summed E-state index contributed by atoms with van der Waals surface area (Å²) in [7, 11) is 0. The highest BCUT2D eigenvalue weighted by Crippen LogP contribution is 2.29. The highest BCUT2D eigenvalue weighted by atomic mass is 16.7. The molecule has 1 fully saturated rings. The molecule has 1 aromatic rings. The Morgan fingerprint density at radius 1 is 0.952 bits per heavy atom. The standard InChI is InChI=1S/C18H29NO2/c1-3-14-20-18(21-15-4-2)10-12-19(13-11-18)16-17-8-6-5-7-9-17/h5-9H,3-4,10-16H2,1-2H3. The van der Waals surface area contributed by atoms with Crippen molar-refractivity contribution in [2.24, 2.45) is 0 Å². The molecule has 0 radical (unpaired) electrons. The van der Waals surface area contributed by atoms with Gasteiger partial charge in [-0.2, -0.15) is 0 Å². The van der Waals surface area contributed by atoms with Gasteiger partial charge in [0.25, 0.3) is 0 Å². The summed E-state index contributed by atoms with van der Waals surface area (Å²) in [4.78, 5) is 2.50. The van der Waals surface area contributed by atoms with Crippen LogP contribution in [0.1, 0.15) is 45.1 Å². The molecule has 0 atom stereocenters. The molecule has 1 aromatic carbocycles. The first-order valence-electron chi connectivity index (χ1n) is 8.32. The lowest BCUT2D eigenvalue weighted by atomic mass is 10.0. The quantitative estimate of drug-likeness (QED) is 0.679. The van der Waals surface area contributed by atoms with Crippen LogP contribution in [0, 0.1) is 0 Å². The van der Waals surface area contributed by atoms with Gasteiger partial charge in [0.05, 0.1) is 0 Å². The number of rotatable bonds is 8. The molecule has 3 nitrogen and oxygen atoms in total. The van der Waals surface area contributed by atoms with Crippen LogP contribution in [0.25, 0.3) is 0 Å². The maximum absolute atomic E-state index is 6.07. The van der Waals surface area contributed by atoms with Gasteiger partial charge in [0, 0.05) is 45.7 Å². The minimum atomic E-state index is -0.334. The van der Waals surface area contributed by atoms with Crippen LogP contribution in [0.5, 0.6) is 0 Å². The van der Waals surface area contributed by atoms with Crippen molar-refractivity contribution in [3.63, 3.8) is 0 Å². The topological polar surface area (TPSA) is 21.7 Å². The normalized spacial score (nSPS) is 18.8. The molecule has 0 saturated carbocycles. The van der Waals surface area contributed by atoms with Gasteiger partial charge in [-0.3, -0.25) is 4.90 Å². The summed E-state index contributed by atoms with van der Waals surface area (Å²) in [5.41, 5.74) is 1.38. The van der Waals surface area contributed by atoms with Gasteiger partial charge in [0.15, 0.2) is 5.79 Å². The Morgan fingerprint density at radius 2 is 1.52 bits per heavy atom. The molecular formula is C18H29NO2. The zero-order valence-corrected chi connectivity index (χ0v) is 13.5. The van der Waals surface area contributed by atoms with Gasteiger partial charge in [-0.15, -0.1) is 0 Å². The zero-order valence-electron chi connectivity index (χ0n) is 13.5. The Balaban J connectivity index is 1.86. The van der Waals surface area contributed by atoms with E-state index in [9.17, 15) is 0 Å². The third kappa shape index (κ3) is 5.10. The van der Waals surface area contributed by atoms with Crippen LogP contribution in [0.3, 0.4) is 0 Å². The average Bonchev–Trinajstić information content (AvgIpc) is 2.54. The number of nitrogens with zero attached hydrogens (tertiary/aromatic N) is 1. The summed E-state index contributed by atoms with van der Waals surface area (Å²) in [6.45, 7) is 9.00. The van der Waals surface area contributed by atoms with Crippen LogP contribution in [0.2, 0.25) is 0 Å². The first-order valence-corrected chi connectivity index (χ1v) is 8.32. The molecule has 3 heteroatoms. The minimum Gasteiger partial charge on any atom is -0.350 e. The van der Waals surface area contributed by atoms with Crippen molar-refractivity contribution in [3.05, 3.63) is 35.9 Å². The van der Waals surface area contributed by atoms with Gasteiger partial charge in [0.1, 0.15) is 0 Å². The number of benzene rings is 1. The SMILES string of the molecule is CCCOC1(OCCC)CCN(Cc2ccccc2)CC1. The maximum Gasteiger partial charge on any atom is 0.170 e. The molecular weight excluding hydrogens is 262 g/mol. The Kier molecular flexibility index (Phi) is 6.68. The van der Waals surface area contributed by atoms with Gasteiger partial charge < -0.3 is 9.47 Å². The van der Waals surface area contributed by atoms with Crippen molar-refractivity contribution in [2.75, 3.05) is 26.3 Å². The summed E-state index contributed by atoms with van der Waals surface area (Å²) < 4.78 is 12.1. The van der Waals surface area contributed by atoms with Crippen molar-refractivity contribution in [2.45, 2.75) is 51.9 Å². The van der Waals surface area contributed by atoms with E-state index in [0.717, 1.165) is 58.5 Å². The second-order valence-corrected chi connectivity index (χ2v) is 5.87. The smallest absolute Gasteiger partial charge is 0.170 e. The van der Waals surface area contributed by atoms with E-state index in [1.807, 2.05) is 0 Å². The number of piperidine rings is 1. The van der Waals surface area contributed by atoms with Crippen LogP contribution in [-0.2, 0) is 16.0 Å². The second-order valence-electron chi connectivity index (χ2n) is 5.87. The van der Waals surface area contributed by atoms with Crippen LogP contribution in [0.4, 0.5) is 0 Å². The van der Waals surface area contributed by atoms with Crippen LogP contribution < -0.4 is 0 Å². The lowest BCUT2D eigenvalue weighted by Crippen LogP contribution is -2.48. The van der Waals surface area contributed by atoms with E-state index in [0.29, 0.717) is 0 Å². The molecule has 1 heterocycles. The van der Waals surface area contributed by atoms with Crippen molar-refractivity contribution in [3.8, 4) is 0 Å². The van der Waals surface area contributed by atoms with Crippen LogP contribution in [-0.4, -0.2) is 37.0 Å². The number of hydrogen-bond donors (Lipinski definition) is 0. The summed E-state index contributed by atoms with van der Waals surface area (Å²) in [6, 6.07) is 10.7. The molecule has 0 spiro atoms. The molecule has 21 heavy (non-hydrogen) atoms. The maximum atomic E-state index is 6.07. The van der Waals surface area contributed by atoms with Crippen molar-refractivity contribution < 1.29 is 9.47 Å². The Labute approximate surface area is 129 Å². The second kappa shape index (κ2) is 8.52. The molecule has 118 valence electrons. The molecule has 1 aliphatic rings. The average molecular weight is 291 g/mol. The van der Waals surface area contributed by atoms with Gasteiger partial charge >= 0.3 is 0 Å². The fourth-order valence-electron chi connectivity index (χ4n) is 2.80. The first-order chi connectivity index (χ1) is 10.3. The minimum absolute atomic E-state index is 0.334. The van der Waals surface area contributed by atoms with Gasteiger partial charge in [-0.25, -0.2) is 0 Å². The molecule has 0 aromatic heterocycles. The highest BCUT2D eigenvalue weighted by Gasteiger charge is 2.36. The summed E-state index contributed by atoms with van der Waals surface area (Å²) >= 11 is 0. The Morgan fingerprint density at radius 3 is 2.05 bits per heavy atom. The molecule has 1 saturated heterocycles. The van der Waals surface area contributed by atoms with E-state index in [-0.39, 0.29) is 5.79 Å².